The molecule has 0 saturated heterocycles. The Morgan fingerprint density at radius 2 is 2.43 bits per heavy atom. The molecule has 4 heteroatoms. The van der Waals surface area contributed by atoms with Crippen LogP contribution in [0.4, 0.5) is 0 Å². The van der Waals surface area contributed by atoms with E-state index in [2.05, 4.69) is 5.43 Å². The molecule has 0 rings (SSSR count). The van der Waals surface area contributed by atoms with Gasteiger partial charge in [0.05, 0.1) is 0 Å². The lowest BCUT2D eigenvalue weighted by Crippen LogP contribution is -2.24. The molecule has 0 aliphatic carbocycles. The molecule has 0 saturated carbocycles. The Bertz CT molecular complexity index is 41.9. The number of halogens is 1. The molecule has 0 aromatic rings. The van der Waals surface area contributed by atoms with Crippen LogP contribution < -0.4 is 11.3 Å². The van der Waals surface area contributed by atoms with Crippen LogP contribution in [0, 0.1) is 0 Å². The molecule has 0 radical (unpaired) electrons. The summed E-state index contributed by atoms with van der Waals surface area (Å²) < 4.78 is 0. The highest BCUT2D eigenvalue weighted by Gasteiger charge is 1.92. The van der Waals surface area contributed by atoms with Crippen LogP contribution in [-0.4, -0.2) is 17.2 Å². The predicted octanol–water partition coefficient (Wildman–Crippen LogP) is -0.603. The molecule has 0 aliphatic heterocycles. The van der Waals surface area contributed by atoms with Gasteiger partial charge in [-0.05, 0) is 0 Å². The highest BCUT2D eigenvalue weighted by Crippen LogP contribution is 1.92. The molecule has 0 heterocycles. The molecule has 7 heavy (non-hydrogen) atoms. The van der Waals surface area contributed by atoms with Crippen molar-refractivity contribution in [2.45, 2.75) is 12.0 Å². The Morgan fingerprint density at radius 1 is 1.86 bits per heavy atom. The summed E-state index contributed by atoms with van der Waals surface area (Å²) in [6.45, 7) is 0.546. The van der Waals surface area contributed by atoms with Crippen molar-refractivity contribution in [1.82, 2.24) is 5.43 Å². The summed E-state index contributed by atoms with van der Waals surface area (Å²) in [5.41, 5.74) is 1.59. The Balaban J connectivity index is 2.68. The van der Waals surface area contributed by atoms with Gasteiger partial charge >= 0.3 is 0 Å². The Hall–Kier alpha value is 0.170. The minimum Gasteiger partial charge on any atom is -0.378 e. The SMILES string of the molecule is NNCCC(O)Cl. The Labute approximate surface area is 47.4 Å². The average Bonchev–Trinajstić information content (AvgIpc) is 1.61. The van der Waals surface area contributed by atoms with Crippen molar-refractivity contribution in [1.29, 1.82) is 0 Å². The summed E-state index contributed by atoms with van der Waals surface area (Å²) in [4.78, 5) is 0. The second-order valence-electron chi connectivity index (χ2n) is 1.18. The van der Waals surface area contributed by atoms with Gasteiger partial charge in [-0.15, -0.1) is 0 Å². The zero-order chi connectivity index (χ0) is 5.70. The molecule has 0 aliphatic rings. The lowest BCUT2D eigenvalue weighted by atomic mass is 10.5. The van der Waals surface area contributed by atoms with Gasteiger partial charge in [-0.25, -0.2) is 0 Å². The van der Waals surface area contributed by atoms with Gasteiger partial charge in [0.1, 0.15) is 5.56 Å². The number of alkyl halides is 1. The molecule has 0 amide bonds. The quantitative estimate of drug-likeness (QED) is 0.268. The zero-order valence-corrected chi connectivity index (χ0v) is 4.65. The van der Waals surface area contributed by atoms with Crippen LogP contribution in [0.2, 0.25) is 0 Å². The normalized spacial score (nSPS) is 14.1. The summed E-state index contributed by atoms with van der Waals surface area (Å²) >= 11 is 5.12. The Morgan fingerprint density at radius 3 is 2.57 bits per heavy atom. The molecule has 1 unspecified atom stereocenters. The summed E-state index contributed by atoms with van der Waals surface area (Å²) in [6.07, 6.45) is 0.484. The van der Waals surface area contributed by atoms with Crippen molar-refractivity contribution in [3.63, 3.8) is 0 Å². The fourth-order valence-electron chi connectivity index (χ4n) is 0.202. The third-order valence-corrected chi connectivity index (χ3v) is 0.745. The zero-order valence-electron chi connectivity index (χ0n) is 3.89. The molecular weight excluding hydrogens is 115 g/mol. The standard InChI is InChI=1S/C3H9ClN2O/c4-3(7)1-2-6-5/h3,6-7H,1-2,5H2. The van der Waals surface area contributed by atoms with E-state index in [1.807, 2.05) is 0 Å². The number of aliphatic hydroxyl groups excluding tert-OH is 1. The highest BCUT2D eigenvalue weighted by molar-refractivity contribution is 6.19. The van der Waals surface area contributed by atoms with Gasteiger partial charge in [0.2, 0.25) is 0 Å². The number of aliphatic hydroxyl groups is 1. The van der Waals surface area contributed by atoms with Crippen molar-refractivity contribution in [2.75, 3.05) is 6.54 Å². The maximum Gasteiger partial charge on any atom is 0.129 e. The van der Waals surface area contributed by atoms with E-state index in [9.17, 15) is 0 Å². The minimum atomic E-state index is -0.768. The molecule has 0 bridgehead atoms. The van der Waals surface area contributed by atoms with Gasteiger partial charge in [0.25, 0.3) is 0 Å². The van der Waals surface area contributed by atoms with E-state index < -0.39 is 5.56 Å². The summed E-state index contributed by atoms with van der Waals surface area (Å²) in [7, 11) is 0. The molecule has 0 aromatic carbocycles. The number of nitrogens with two attached hydrogens (primary N) is 1. The summed E-state index contributed by atoms with van der Waals surface area (Å²) in [6, 6.07) is 0. The van der Waals surface area contributed by atoms with Crippen LogP contribution in [0.3, 0.4) is 0 Å². The van der Waals surface area contributed by atoms with Gasteiger partial charge in [-0.3, -0.25) is 11.3 Å². The molecule has 44 valence electrons. The Kier molecular flexibility index (Phi) is 4.44. The molecule has 0 spiro atoms. The van der Waals surface area contributed by atoms with Gasteiger partial charge < -0.3 is 5.11 Å². The number of hydrogen-bond donors (Lipinski definition) is 3. The van der Waals surface area contributed by atoms with Crippen molar-refractivity contribution in [3.05, 3.63) is 0 Å². The first-order valence-corrected chi connectivity index (χ1v) is 2.46. The van der Waals surface area contributed by atoms with E-state index >= 15 is 0 Å². The van der Waals surface area contributed by atoms with Gasteiger partial charge in [-0.1, -0.05) is 11.6 Å². The number of hydrazine groups is 1. The fraction of sp³-hybridized carbons (Fsp3) is 1.00. The average molecular weight is 125 g/mol. The highest BCUT2D eigenvalue weighted by atomic mass is 35.5. The second kappa shape index (κ2) is 4.33. The molecule has 3 nitrogen and oxygen atoms in total. The van der Waals surface area contributed by atoms with Crippen LogP contribution in [0.1, 0.15) is 6.42 Å². The number of hydrogen-bond acceptors (Lipinski definition) is 3. The smallest absolute Gasteiger partial charge is 0.129 e. The number of nitrogens with one attached hydrogen (secondary N) is 1. The van der Waals surface area contributed by atoms with Crippen LogP contribution in [0.5, 0.6) is 0 Å². The van der Waals surface area contributed by atoms with E-state index in [0.29, 0.717) is 13.0 Å². The summed E-state index contributed by atoms with van der Waals surface area (Å²) in [5.74, 6) is 4.86. The van der Waals surface area contributed by atoms with Crippen molar-refractivity contribution in [2.24, 2.45) is 5.84 Å². The second-order valence-corrected chi connectivity index (χ2v) is 1.68. The van der Waals surface area contributed by atoms with E-state index in [1.54, 1.807) is 0 Å². The first-order chi connectivity index (χ1) is 3.27. The van der Waals surface area contributed by atoms with Crippen LogP contribution >= 0.6 is 11.6 Å². The van der Waals surface area contributed by atoms with Crippen LogP contribution in [0.15, 0.2) is 0 Å². The molecule has 1 atom stereocenters. The molecule has 0 aromatic heterocycles. The molecule has 0 fully saturated rings. The van der Waals surface area contributed by atoms with Crippen LogP contribution in [-0.2, 0) is 0 Å². The van der Waals surface area contributed by atoms with E-state index in [0.717, 1.165) is 0 Å². The summed E-state index contributed by atoms with van der Waals surface area (Å²) in [5, 5.41) is 8.35. The lowest BCUT2D eigenvalue weighted by molar-refractivity contribution is 0.244. The minimum absolute atomic E-state index is 0.484. The van der Waals surface area contributed by atoms with Crippen LogP contribution in [0.25, 0.3) is 0 Å². The van der Waals surface area contributed by atoms with E-state index in [-0.39, 0.29) is 0 Å². The topological polar surface area (TPSA) is 58.3 Å². The molecule has 4 N–H and O–H groups in total. The fourth-order valence-corrected chi connectivity index (χ4v) is 0.312. The first-order valence-electron chi connectivity index (χ1n) is 2.03. The maximum absolute atomic E-state index is 8.35. The molecular formula is C3H9ClN2O. The lowest BCUT2D eigenvalue weighted by Gasteiger charge is -1.97. The maximum atomic E-state index is 8.35. The van der Waals surface area contributed by atoms with Gasteiger partial charge in [0, 0.05) is 13.0 Å². The van der Waals surface area contributed by atoms with Gasteiger partial charge in [0.15, 0.2) is 0 Å². The monoisotopic (exact) mass is 124 g/mol. The van der Waals surface area contributed by atoms with Crippen molar-refractivity contribution >= 4 is 11.6 Å². The van der Waals surface area contributed by atoms with E-state index in [1.165, 1.54) is 0 Å². The van der Waals surface area contributed by atoms with Crippen molar-refractivity contribution < 1.29 is 5.11 Å². The van der Waals surface area contributed by atoms with Crippen molar-refractivity contribution in [3.8, 4) is 0 Å². The number of rotatable bonds is 3. The van der Waals surface area contributed by atoms with Gasteiger partial charge in [-0.2, -0.15) is 0 Å². The predicted molar refractivity (Wildman–Crippen MR) is 28.7 cm³/mol. The van der Waals surface area contributed by atoms with E-state index in [4.69, 9.17) is 22.6 Å². The third kappa shape index (κ3) is 6.17. The third-order valence-electron chi connectivity index (χ3n) is 0.527. The first kappa shape index (κ1) is 7.17. The largest absolute Gasteiger partial charge is 0.378 e.